The van der Waals surface area contributed by atoms with Gasteiger partial charge in [0.15, 0.2) is 0 Å². The Morgan fingerprint density at radius 2 is 1.12 bits per heavy atom. The molecule has 14 nitrogen and oxygen atoms in total. The van der Waals surface area contributed by atoms with Gasteiger partial charge in [-0.15, -0.1) is 0 Å². The van der Waals surface area contributed by atoms with Crippen LogP contribution in [0.4, 0.5) is 16.2 Å². The molecule has 0 bridgehead atoms. The standard InChI is InChI=1S/C24H30BN3O5Si.C18H18BN3O3.CH4/c1-34(2,3)13-12-33-24(30)27-16-22(17-4-7-20(8-5-17)25(31)32)23(29)28-21-9-6-19-15-26-11-10-18(19)14-21;20-10-17(12-1-4-15(5-2-12)19(24)25)18(23)22-16-6-3-14-11-21-8-7-13(14)9-16;/h4-11,14-15,22,31-32H,12-13,16H2,1-3H3,(H,27,30)(H,28,29);1-9,11,17,24-25H,10,20H2,(H,22,23);1H4. The van der Waals surface area contributed by atoms with E-state index in [-0.39, 0.29) is 32.3 Å². The number of aromatic nitrogens is 2. The van der Waals surface area contributed by atoms with E-state index in [1.807, 2.05) is 42.5 Å². The van der Waals surface area contributed by atoms with Crippen molar-refractivity contribution in [2.24, 2.45) is 5.73 Å². The van der Waals surface area contributed by atoms with E-state index in [1.165, 1.54) is 12.1 Å². The molecule has 9 N–H and O–H groups in total. The molecular formula is C43H52B2N6O8Si. The molecule has 6 rings (SSSR count). The van der Waals surface area contributed by atoms with Gasteiger partial charge < -0.3 is 46.5 Å². The van der Waals surface area contributed by atoms with E-state index in [0.717, 1.165) is 33.2 Å². The van der Waals surface area contributed by atoms with Crippen LogP contribution >= 0.6 is 0 Å². The number of amides is 3. The first-order chi connectivity index (χ1) is 28.2. The number of carbonyl (C=O) groups is 3. The van der Waals surface area contributed by atoms with Crippen LogP contribution in [0.15, 0.2) is 122 Å². The highest BCUT2D eigenvalue weighted by atomic mass is 28.3. The molecule has 2 atom stereocenters. The number of hydrogen-bond acceptors (Lipinski definition) is 11. The highest BCUT2D eigenvalue weighted by molar-refractivity contribution is 6.76. The molecule has 60 heavy (non-hydrogen) atoms. The number of benzene rings is 4. The van der Waals surface area contributed by atoms with Crippen LogP contribution in [0.3, 0.4) is 0 Å². The summed E-state index contributed by atoms with van der Waals surface area (Å²) in [5, 5.41) is 49.4. The first kappa shape index (κ1) is 46.7. The number of nitrogens with zero attached hydrogens (tertiary/aromatic N) is 2. The monoisotopic (exact) mass is 830 g/mol. The lowest BCUT2D eigenvalue weighted by molar-refractivity contribution is -0.118. The summed E-state index contributed by atoms with van der Waals surface area (Å²) in [5.41, 5.74) is 9.09. The topological polar surface area (TPSA) is 229 Å². The fourth-order valence-corrected chi connectivity index (χ4v) is 6.74. The van der Waals surface area contributed by atoms with Crippen molar-refractivity contribution < 1.29 is 39.2 Å². The van der Waals surface area contributed by atoms with Crippen molar-refractivity contribution in [2.75, 3.05) is 30.3 Å². The number of nitrogens with one attached hydrogen (secondary N) is 3. The molecule has 6 aromatic rings. The third-order valence-corrected chi connectivity index (χ3v) is 11.2. The van der Waals surface area contributed by atoms with Crippen LogP contribution in [0.2, 0.25) is 25.7 Å². The first-order valence-electron chi connectivity index (χ1n) is 19.0. The third kappa shape index (κ3) is 13.6. The van der Waals surface area contributed by atoms with Gasteiger partial charge >= 0.3 is 20.3 Å². The van der Waals surface area contributed by atoms with E-state index < -0.39 is 40.2 Å². The maximum absolute atomic E-state index is 13.2. The van der Waals surface area contributed by atoms with Gasteiger partial charge in [-0.05, 0) is 75.3 Å². The number of rotatable bonds is 14. The highest BCUT2D eigenvalue weighted by Crippen LogP contribution is 2.23. The smallest absolute Gasteiger partial charge is 0.450 e. The van der Waals surface area contributed by atoms with Gasteiger partial charge in [-0.3, -0.25) is 19.6 Å². The zero-order valence-corrected chi connectivity index (χ0v) is 34.1. The van der Waals surface area contributed by atoms with Crippen LogP contribution in [-0.2, 0) is 14.3 Å². The number of carbonyl (C=O) groups excluding carboxylic acids is 3. The maximum atomic E-state index is 13.2. The Kier molecular flexibility index (Phi) is 17.0. The SMILES string of the molecule is C.C[Si](C)(C)CCOC(=O)NCC(C(=O)Nc1ccc2cnccc2c1)c1ccc(B(O)O)cc1.NCC(C(=O)Nc1ccc2cnccc2c1)c1ccc(B(O)O)cc1. The Morgan fingerprint density at radius 1 is 0.667 bits per heavy atom. The van der Waals surface area contributed by atoms with Crippen molar-refractivity contribution in [1.29, 1.82) is 0 Å². The van der Waals surface area contributed by atoms with Gasteiger partial charge in [-0.2, -0.15) is 0 Å². The van der Waals surface area contributed by atoms with Crippen LogP contribution in [0.25, 0.3) is 21.5 Å². The summed E-state index contributed by atoms with van der Waals surface area (Å²) in [6.07, 6.45) is 6.33. The van der Waals surface area contributed by atoms with Crippen LogP contribution in [0, 0.1) is 0 Å². The maximum Gasteiger partial charge on any atom is 0.488 e. The second-order valence-electron chi connectivity index (χ2n) is 15.1. The predicted octanol–water partition coefficient (Wildman–Crippen LogP) is 3.93. The number of ether oxygens (including phenoxy) is 1. The Balaban J connectivity index is 0.000000272. The molecule has 0 aliphatic heterocycles. The average Bonchev–Trinajstić information content (AvgIpc) is 3.21. The summed E-state index contributed by atoms with van der Waals surface area (Å²) in [7, 11) is -4.47. The van der Waals surface area contributed by atoms with Gasteiger partial charge in [0.25, 0.3) is 0 Å². The number of anilines is 2. The molecule has 4 aromatic carbocycles. The second kappa shape index (κ2) is 21.9. The molecule has 312 valence electrons. The molecular weight excluding hydrogens is 778 g/mol. The summed E-state index contributed by atoms with van der Waals surface area (Å²) < 4.78 is 5.28. The van der Waals surface area contributed by atoms with Gasteiger partial charge in [0.2, 0.25) is 11.8 Å². The lowest BCUT2D eigenvalue weighted by Crippen LogP contribution is -2.36. The third-order valence-electron chi connectivity index (χ3n) is 9.49. The number of pyridine rings is 2. The molecule has 2 unspecified atom stereocenters. The van der Waals surface area contributed by atoms with Gasteiger partial charge in [0.05, 0.1) is 18.4 Å². The number of nitrogens with two attached hydrogens (primary N) is 1. The van der Waals surface area contributed by atoms with Crippen molar-refractivity contribution >= 4 is 84.1 Å². The molecule has 0 radical (unpaired) electrons. The zero-order valence-electron chi connectivity index (χ0n) is 33.1. The lowest BCUT2D eigenvalue weighted by Gasteiger charge is -2.19. The summed E-state index contributed by atoms with van der Waals surface area (Å²) in [6, 6.07) is 28.6. The van der Waals surface area contributed by atoms with E-state index in [9.17, 15) is 24.4 Å². The van der Waals surface area contributed by atoms with Crippen molar-refractivity contribution in [3.8, 4) is 0 Å². The van der Waals surface area contributed by atoms with E-state index in [2.05, 4.69) is 45.6 Å². The summed E-state index contributed by atoms with van der Waals surface area (Å²) in [6.45, 7) is 7.11. The molecule has 3 amide bonds. The Morgan fingerprint density at radius 3 is 1.55 bits per heavy atom. The van der Waals surface area contributed by atoms with E-state index in [1.54, 1.807) is 67.3 Å². The van der Waals surface area contributed by atoms with Crippen molar-refractivity contribution in [3.05, 3.63) is 133 Å². The summed E-state index contributed by atoms with van der Waals surface area (Å²) >= 11 is 0. The van der Waals surface area contributed by atoms with E-state index in [0.29, 0.717) is 34.5 Å². The predicted molar refractivity (Wildman–Crippen MR) is 242 cm³/mol. The Labute approximate surface area is 351 Å². The van der Waals surface area contributed by atoms with Crippen LogP contribution in [0.1, 0.15) is 30.4 Å². The number of fused-ring (bicyclic) bond motifs is 2. The minimum atomic E-state index is -1.60. The molecule has 2 heterocycles. The average molecular weight is 831 g/mol. The lowest BCUT2D eigenvalue weighted by atomic mass is 9.79. The molecule has 0 aliphatic rings. The Hall–Kier alpha value is -5.94. The van der Waals surface area contributed by atoms with Gasteiger partial charge in [-0.25, -0.2) is 4.79 Å². The zero-order chi connectivity index (χ0) is 42.5. The first-order valence-corrected chi connectivity index (χ1v) is 22.7. The van der Waals surface area contributed by atoms with E-state index >= 15 is 0 Å². The van der Waals surface area contributed by atoms with Crippen molar-refractivity contribution in [3.63, 3.8) is 0 Å². The molecule has 0 fully saturated rings. The molecule has 17 heteroatoms. The number of hydrogen-bond donors (Lipinski definition) is 8. The minimum Gasteiger partial charge on any atom is -0.450 e. The fourth-order valence-electron chi connectivity index (χ4n) is 6.02. The van der Waals surface area contributed by atoms with E-state index in [4.69, 9.17) is 20.5 Å². The van der Waals surface area contributed by atoms with Gasteiger partial charge in [0, 0.05) is 68.1 Å². The minimum absolute atomic E-state index is 0. The van der Waals surface area contributed by atoms with Gasteiger partial charge in [-0.1, -0.05) is 87.7 Å². The molecule has 0 aliphatic carbocycles. The molecule has 0 saturated heterocycles. The molecule has 0 saturated carbocycles. The normalized spacial score (nSPS) is 11.9. The van der Waals surface area contributed by atoms with Gasteiger partial charge in [0.1, 0.15) is 0 Å². The van der Waals surface area contributed by atoms with Crippen LogP contribution in [0.5, 0.6) is 0 Å². The summed E-state index contributed by atoms with van der Waals surface area (Å²) in [4.78, 5) is 46.2. The quantitative estimate of drug-likeness (QED) is 0.0734. The summed E-state index contributed by atoms with van der Waals surface area (Å²) in [5.74, 6) is -1.78. The Bertz CT molecular complexity index is 2350. The largest absolute Gasteiger partial charge is 0.488 e. The highest BCUT2D eigenvalue weighted by Gasteiger charge is 2.24. The van der Waals surface area contributed by atoms with Crippen molar-refractivity contribution in [2.45, 2.75) is 44.9 Å². The second-order valence-corrected chi connectivity index (χ2v) is 20.7. The molecule has 0 spiro atoms. The number of alkyl carbamates (subject to hydrolysis) is 1. The fraction of sp³-hybridized carbons (Fsp3) is 0.233. The molecule has 2 aromatic heterocycles. The van der Waals surface area contributed by atoms with Crippen LogP contribution < -0.4 is 32.6 Å². The van der Waals surface area contributed by atoms with Crippen LogP contribution in [-0.4, -0.2) is 90.0 Å². The van der Waals surface area contributed by atoms with Crippen molar-refractivity contribution in [1.82, 2.24) is 15.3 Å².